The molecule has 0 aliphatic carbocycles. The molecule has 2 saturated heterocycles. The Bertz CT molecular complexity index is 834. The van der Waals surface area contributed by atoms with E-state index in [-0.39, 0.29) is 23.3 Å². The maximum atomic E-state index is 13.9. The molecule has 6 nitrogen and oxygen atoms in total. The number of likely N-dealkylation sites (tertiary alicyclic amines) is 1. The molecule has 2 aliphatic heterocycles. The van der Waals surface area contributed by atoms with Gasteiger partial charge in [0.1, 0.15) is 6.04 Å². The number of benzene rings is 1. The molecule has 1 aromatic carbocycles. The molecule has 214 valence electrons. The van der Waals surface area contributed by atoms with Gasteiger partial charge in [-0.05, 0) is 88.4 Å². The monoisotopic (exact) mass is 527 g/mol. The average Bonchev–Trinajstić information content (AvgIpc) is 2.88. The third kappa shape index (κ3) is 10.00. The van der Waals surface area contributed by atoms with Crippen LogP contribution >= 0.6 is 0 Å². The molecule has 0 radical (unpaired) electrons. The van der Waals surface area contributed by atoms with Gasteiger partial charge in [0.2, 0.25) is 11.8 Å². The fraction of sp³-hybridized carbons (Fsp3) is 0.750. The summed E-state index contributed by atoms with van der Waals surface area (Å²) in [7, 11) is 0. The van der Waals surface area contributed by atoms with Crippen molar-refractivity contribution in [2.45, 2.75) is 104 Å². The minimum absolute atomic E-state index is 0.0231. The second kappa shape index (κ2) is 15.6. The van der Waals surface area contributed by atoms with Crippen LogP contribution in [0.2, 0.25) is 0 Å². The quantitative estimate of drug-likeness (QED) is 0.478. The molecule has 2 amide bonds. The lowest BCUT2D eigenvalue weighted by Gasteiger charge is -2.42. The molecule has 2 aliphatic rings. The first kappa shape index (κ1) is 30.6. The van der Waals surface area contributed by atoms with E-state index in [0.29, 0.717) is 31.5 Å². The highest BCUT2D eigenvalue weighted by atomic mass is 16.5. The fourth-order valence-corrected chi connectivity index (χ4v) is 6.07. The van der Waals surface area contributed by atoms with Gasteiger partial charge in [0, 0.05) is 6.61 Å². The molecule has 0 saturated carbocycles. The predicted octanol–water partition coefficient (Wildman–Crippen LogP) is 5.35. The van der Waals surface area contributed by atoms with Crippen LogP contribution in [0, 0.1) is 17.3 Å². The lowest BCUT2D eigenvalue weighted by Crippen LogP contribution is -2.56. The largest absolute Gasteiger partial charge is 0.379 e. The second-order valence-corrected chi connectivity index (χ2v) is 12.6. The summed E-state index contributed by atoms with van der Waals surface area (Å²) in [6.07, 6.45) is 9.48. The average molecular weight is 528 g/mol. The number of carbonyl (C=O) groups is 2. The van der Waals surface area contributed by atoms with Crippen LogP contribution in [0.1, 0.15) is 91.0 Å². The smallest absolute Gasteiger partial charge is 0.242 e. The SMILES string of the molecule is CC(C)C[C@H]1COCCCCCC2(CCN(CCCc3ccccc3)CC2)C(=O)N[C@@H](CC(C)C)C(=O)N1. The summed E-state index contributed by atoms with van der Waals surface area (Å²) in [5, 5.41) is 6.48. The van der Waals surface area contributed by atoms with Gasteiger partial charge in [-0.2, -0.15) is 0 Å². The number of amides is 2. The molecule has 0 bridgehead atoms. The number of aryl methyl sites for hydroxylation is 1. The number of hydrogen-bond donors (Lipinski definition) is 2. The number of carbonyl (C=O) groups excluding carboxylic acids is 2. The Hall–Kier alpha value is -1.92. The number of nitrogens with one attached hydrogen (secondary N) is 2. The topological polar surface area (TPSA) is 70.7 Å². The Morgan fingerprint density at radius 3 is 2.32 bits per heavy atom. The summed E-state index contributed by atoms with van der Waals surface area (Å²) < 4.78 is 5.99. The molecule has 1 spiro atoms. The zero-order valence-electron chi connectivity index (χ0n) is 24.5. The van der Waals surface area contributed by atoms with E-state index < -0.39 is 6.04 Å². The number of ether oxygens (including phenoxy) is 1. The van der Waals surface area contributed by atoms with Gasteiger partial charge in [-0.15, -0.1) is 0 Å². The van der Waals surface area contributed by atoms with E-state index in [4.69, 9.17) is 4.74 Å². The number of nitrogens with zero attached hydrogens (tertiary/aromatic N) is 1. The molecule has 0 unspecified atom stereocenters. The first-order chi connectivity index (χ1) is 18.3. The van der Waals surface area contributed by atoms with Crippen molar-refractivity contribution in [3.05, 3.63) is 35.9 Å². The fourth-order valence-electron chi connectivity index (χ4n) is 6.07. The third-order valence-corrected chi connectivity index (χ3v) is 8.27. The van der Waals surface area contributed by atoms with Crippen LogP contribution in [0.15, 0.2) is 30.3 Å². The predicted molar refractivity (Wildman–Crippen MR) is 155 cm³/mol. The van der Waals surface area contributed by atoms with Gasteiger partial charge in [0.25, 0.3) is 0 Å². The summed E-state index contributed by atoms with van der Waals surface area (Å²) in [5.41, 5.74) is 1.01. The van der Waals surface area contributed by atoms with Crippen molar-refractivity contribution in [2.75, 3.05) is 32.8 Å². The minimum Gasteiger partial charge on any atom is -0.379 e. The highest BCUT2D eigenvalue weighted by Crippen LogP contribution is 2.37. The van der Waals surface area contributed by atoms with Gasteiger partial charge < -0.3 is 20.3 Å². The van der Waals surface area contributed by atoms with E-state index in [1.165, 1.54) is 5.56 Å². The molecule has 0 aromatic heterocycles. The number of rotatable bonds is 8. The van der Waals surface area contributed by atoms with Crippen LogP contribution in [0.5, 0.6) is 0 Å². The van der Waals surface area contributed by atoms with E-state index in [0.717, 1.165) is 77.4 Å². The molecular formula is C32H53N3O3. The lowest BCUT2D eigenvalue weighted by molar-refractivity contribution is -0.139. The van der Waals surface area contributed by atoms with Gasteiger partial charge in [-0.1, -0.05) is 70.9 Å². The van der Waals surface area contributed by atoms with Crippen LogP contribution in [0.25, 0.3) is 0 Å². The zero-order chi connectivity index (χ0) is 27.4. The standard InChI is InChI=1S/C32H53N3O3/c1-25(2)22-28-24-38-21-10-6-9-15-32(31(37)34-29(23-26(3)4)30(36)33-28)16-19-35(20-17-32)18-11-14-27-12-7-5-8-13-27/h5,7-8,12-13,25-26,28-29H,6,9-11,14-24H2,1-4H3,(H,33,36)(H,34,37)/t28-,29-/m0/s1. The van der Waals surface area contributed by atoms with Crippen molar-refractivity contribution in [3.63, 3.8) is 0 Å². The van der Waals surface area contributed by atoms with Crippen LogP contribution in [0.4, 0.5) is 0 Å². The third-order valence-electron chi connectivity index (χ3n) is 8.27. The Kier molecular flexibility index (Phi) is 12.6. The maximum absolute atomic E-state index is 13.9. The van der Waals surface area contributed by atoms with E-state index in [1.54, 1.807) is 0 Å². The minimum atomic E-state index is -0.499. The van der Waals surface area contributed by atoms with Gasteiger partial charge >= 0.3 is 0 Å². The molecule has 2 atom stereocenters. The van der Waals surface area contributed by atoms with Crippen molar-refractivity contribution < 1.29 is 14.3 Å². The molecule has 3 rings (SSSR count). The highest BCUT2D eigenvalue weighted by molar-refractivity contribution is 5.90. The molecular weight excluding hydrogens is 474 g/mol. The van der Waals surface area contributed by atoms with Gasteiger partial charge in [-0.3, -0.25) is 9.59 Å². The van der Waals surface area contributed by atoms with Crippen molar-refractivity contribution >= 4 is 11.8 Å². The molecule has 38 heavy (non-hydrogen) atoms. The summed E-state index contributed by atoms with van der Waals surface area (Å²) in [4.78, 5) is 29.9. The zero-order valence-corrected chi connectivity index (χ0v) is 24.5. The first-order valence-electron chi connectivity index (χ1n) is 15.2. The summed E-state index contributed by atoms with van der Waals surface area (Å²) in [6.45, 7) is 12.8. The van der Waals surface area contributed by atoms with Gasteiger partial charge in [-0.25, -0.2) is 0 Å². The summed E-state index contributed by atoms with van der Waals surface area (Å²) >= 11 is 0. The number of piperidine rings is 1. The Morgan fingerprint density at radius 1 is 0.921 bits per heavy atom. The Morgan fingerprint density at radius 2 is 1.63 bits per heavy atom. The maximum Gasteiger partial charge on any atom is 0.242 e. The number of hydrogen-bond acceptors (Lipinski definition) is 4. The van der Waals surface area contributed by atoms with Gasteiger partial charge in [0.15, 0.2) is 0 Å². The van der Waals surface area contributed by atoms with E-state index in [2.05, 4.69) is 73.6 Å². The molecule has 2 heterocycles. The second-order valence-electron chi connectivity index (χ2n) is 12.6. The molecule has 2 fully saturated rings. The Labute approximate surface area is 231 Å². The van der Waals surface area contributed by atoms with Crippen LogP contribution in [0.3, 0.4) is 0 Å². The van der Waals surface area contributed by atoms with Crippen LogP contribution < -0.4 is 10.6 Å². The normalized spacial score (nSPS) is 24.3. The van der Waals surface area contributed by atoms with Crippen LogP contribution in [-0.4, -0.2) is 61.6 Å². The summed E-state index contributed by atoms with van der Waals surface area (Å²) in [6, 6.07) is 10.2. The van der Waals surface area contributed by atoms with Gasteiger partial charge in [0.05, 0.1) is 18.1 Å². The van der Waals surface area contributed by atoms with Crippen molar-refractivity contribution in [1.29, 1.82) is 0 Å². The van der Waals surface area contributed by atoms with Crippen molar-refractivity contribution in [3.8, 4) is 0 Å². The van der Waals surface area contributed by atoms with E-state index >= 15 is 0 Å². The summed E-state index contributed by atoms with van der Waals surface area (Å²) in [5.74, 6) is 0.803. The highest BCUT2D eigenvalue weighted by Gasteiger charge is 2.42. The first-order valence-corrected chi connectivity index (χ1v) is 15.2. The molecule has 2 N–H and O–H groups in total. The molecule has 6 heteroatoms. The lowest BCUT2D eigenvalue weighted by atomic mass is 9.73. The van der Waals surface area contributed by atoms with E-state index in [1.807, 2.05) is 0 Å². The molecule has 1 aromatic rings. The van der Waals surface area contributed by atoms with Crippen molar-refractivity contribution in [2.24, 2.45) is 17.3 Å². The van der Waals surface area contributed by atoms with Crippen LogP contribution in [-0.2, 0) is 20.7 Å². The Balaban J connectivity index is 1.65. The van der Waals surface area contributed by atoms with Crippen molar-refractivity contribution in [1.82, 2.24) is 15.5 Å². The van der Waals surface area contributed by atoms with E-state index in [9.17, 15) is 9.59 Å².